The van der Waals surface area contributed by atoms with Crippen molar-refractivity contribution in [3.8, 4) is 5.88 Å². The average molecular weight is 398 g/mol. The Hall–Kier alpha value is -3.30. The van der Waals surface area contributed by atoms with Crippen LogP contribution in [0.3, 0.4) is 0 Å². The van der Waals surface area contributed by atoms with Gasteiger partial charge >= 0.3 is 0 Å². The molecule has 0 saturated heterocycles. The number of aliphatic hydroxyl groups is 1. The topological polar surface area (TPSA) is 128 Å². The van der Waals surface area contributed by atoms with Crippen LogP contribution in [0.4, 0.5) is 0 Å². The lowest BCUT2D eigenvalue weighted by atomic mass is 9.64. The summed E-state index contributed by atoms with van der Waals surface area (Å²) in [5, 5.41) is 17.9. The molecule has 0 aliphatic heterocycles. The Kier molecular flexibility index (Phi) is 4.77. The molecule has 9 nitrogen and oxygen atoms in total. The molecule has 9 heteroatoms. The Morgan fingerprint density at radius 2 is 2.07 bits per heavy atom. The fourth-order valence-corrected chi connectivity index (χ4v) is 3.92. The van der Waals surface area contributed by atoms with E-state index in [1.165, 1.54) is 6.08 Å². The third-order valence-corrected chi connectivity index (χ3v) is 5.29. The molecule has 0 amide bonds. The summed E-state index contributed by atoms with van der Waals surface area (Å²) >= 11 is 0. The zero-order valence-electron chi connectivity index (χ0n) is 15.4. The molecule has 1 aromatic carbocycles. The highest BCUT2D eigenvalue weighted by Gasteiger charge is 2.63. The fraction of sp³-hybridized carbons (Fsp3) is 0.300. The lowest BCUT2D eigenvalue weighted by Crippen LogP contribution is -2.63. The second kappa shape index (κ2) is 7.26. The zero-order chi connectivity index (χ0) is 20.6. The number of aromatic nitrogens is 1. The predicted molar refractivity (Wildman–Crippen MR) is 96.9 cm³/mol. The van der Waals surface area contributed by atoms with Crippen molar-refractivity contribution in [1.82, 2.24) is 10.5 Å². The largest absolute Gasteiger partial charge is 0.470 e. The van der Waals surface area contributed by atoms with Crippen molar-refractivity contribution in [2.75, 3.05) is 7.05 Å². The van der Waals surface area contributed by atoms with Crippen LogP contribution in [0.1, 0.15) is 27.7 Å². The van der Waals surface area contributed by atoms with Gasteiger partial charge in [-0.05, 0) is 29.9 Å². The Morgan fingerprint density at radius 1 is 1.31 bits per heavy atom. The molecular weight excluding hydrogens is 380 g/mol. The predicted octanol–water partition coefficient (Wildman–Crippen LogP) is 0.738. The second-order valence-corrected chi connectivity index (χ2v) is 6.81. The summed E-state index contributed by atoms with van der Waals surface area (Å²) in [5.41, 5.74) is -1.71. The van der Waals surface area contributed by atoms with E-state index in [0.717, 1.165) is 11.6 Å². The number of carbonyl (C=O) groups is 3. The maximum absolute atomic E-state index is 13.2. The third kappa shape index (κ3) is 2.86. The van der Waals surface area contributed by atoms with Crippen molar-refractivity contribution >= 4 is 18.0 Å². The molecule has 4 atom stereocenters. The van der Waals surface area contributed by atoms with Gasteiger partial charge in [-0.25, -0.2) is 0 Å². The van der Waals surface area contributed by atoms with E-state index in [1.54, 1.807) is 7.05 Å². The molecule has 0 radical (unpaired) electrons. The molecule has 1 heterocycles. The average Bonchev–Trinajstić information content (AvgIpc) is 3.15. The summed E-state index contributed by atoms with van der Waals surface area (Å²) in [4.78, 5) is 36.7. The number of fused-ring (bicyclic) bond motifs is 2. The van der Waals surface area contributed by atoms with E-state index in [-0.39, 0.29) is 30.3 Å². The molecule has 0 bridgehead atoms. The molecule has 29 heavy (non-hydrogen) atoms. The second-order valence-electron chi connectivity index (χ2n) is 6.81. The summed E-state index contributed by atoms with van der Waals surface area (Å²) in [7, 11) is 1.57. The smallest absolute Gasteiger partial charge is 0.293 e. The molecule has 2 aliphatic rings. The fourth-order valence-electron chi connectivity index (χ4n) is 3.92. The standard InChI is InChI=1S/C20H18N2O7/c1-21-16-15-12(28-10-23)7-8-13(24)20(15,26)18(25)14-17(16)29-22-19(14)27-9-11-5-3-2-4-6-11/h2-8,10,12,15-16,21,26H,9H2,1H3. The van der Waals surface area contributed by atoms with Gasteiger partial charge in [0.15, 0.2) is 17.1 Å². The minimum Gasteiger partial charge on any atom is -0.470 e. The molecule has 0 spiro atoms. The summed E-state index contributed by atoms with van der Waals surface area (Å²) in [6.07, 6.45) is 1.36. The van der Waals surface area contributed by atoms with Crippen molar-refractivity contribution in [1.29, 1.82) is 0 Å². The van der Waals surface area contributed by atoms with Crippen LogP contribution < -0.4 is 10.1 Å². The van der Waals surface area contributed by atoms with Crippen LogP contribution in [0.25, 0.3) is 0 Å². The number of ketones is 2. The van der Waals surface area contributed by atoms with Gasteiger partial charge < -0.3 is 24.4 Å². The Balaban J connectivity index is 1.75. The lowest BCUT2D eigenvalue weighted by Gasteiger charge is -2.44. The molecule has 4 rings (SSSR count). The van der Waals surface area contributed by atoms with Gasteiger partial charge in [-0.2, -0.15) is 0 Å². The zero-order valence-corrected chi connectivity index (χ0v) is 15.4. The molecule has 2 N–H and O–H groups in total. The van der Waals surface area contributed by atoms with Crippen molar-refractivity contribution in [2.45, 2.75) is 24.4 Å². The van der Waals surface area contributed by atoms with Crippen LogP contribution in [-0.2, 0) is 20.9 Å². The number of carbonyl (C=O) groups excluding carboxylic acids is 3. The van der Waals surface area contributed by atoms with Crippen LogP contribution in [0.2, 0.25) is 0 Å². The Labute approximate surface area is 165 Å². The molecule has 0 fully saturated rings. The summed E-state index contributed by atoms with van der Waals surface area (Å²) < 4.78 is 16.0. The van der Waals surface area contributed by atoms with Gasteiger partial charge in [-0.3, -0.25) is 14.4 Å². The minimum absolute atomic E-state index is 0.104. The highest BCUT2D eigenvalue weighted by Crippen LogP contribution is 2.48. The summed E-state index contributed by atoms with van der Waals surface area (Å²) in [6.45, 7) is 0.316. The summed E-state index contributed by atoms with van der Waals surface area (Å²) in [6, 6.07) is 8.39. The van der Waals surface area contributed by atoms with Crippen LogP contribution in [0.15, 0.2) is 47.0 Å². The molecule has 150 valence electrons. The maximum atomic E-state index is 13.2. The quantitative estimate of drug-likeness (QED) is 0.535. The third-order valence-electron chi connectivity index (χ3n) is 5.29. The first kappa shape index (κ1) is 19.0. The number of benzene rings is 1. The van der Waals surface area contributed by atoms with Gasteiger partial charge in [-0.1, -0.05) is 30.3 Å². The van der Waals surface area contributed by atoms with Gasteiger partial charge in [-0.15, -0.1) is 0 Å². The Bertz CT molecular complexity index is 984. The first-order chi connectivity index (χ1) is 14.0. The molecule has 2 aromatic rings. The van der Waals surface area contributed by atoms with Crippen LogP contribution in [0, 0.1) is 5.92 Å². The highest BCUT2D eigenvalue weighted by molar-refractivity contribution is 6.23. The molecular formula is C20H18N2O7. The van der Waals surface area contributed by atoms with Gasteiger partial charge in [0.2, 0.25) is 5.78 Å². The maximum Gasteiger partial charge on any atom is 0.293 e. The first-order valence-electron chi connectivity index (χ1n) is 8.94. The normalized spacial score (nSPS) is 27.9. The van der Waals surface area contributed by atoms with Crippen molar-refractivity contribution in [3.63, 3.8) is 0 Å². The van der Waals surface area contributed by atoms with Crippen LogP contribution in [-0.4, -0.2) is 47.1 Å². The van der Waals surface area contributed by atoms with Gasteiger partial charge in [0.1, 0.15) is 18.3 Å². The number of hydrogen-bond acceptors (Lipinski definition) is 9. The van der Waals surface area contributed by atoms with Gasteiger partial charge in [0.05, 0.1) is 12.0 Å². The Morgan fingerprint density at radius 3 is 2.76 bits per heavy atom. The van der Waals surface area contributed by atoms with E-state index in [9.17, 15) is 19.5 Å². The van der Waals surface area contributed by atoms with Gasteiger partial charge in [0.25, 0.3) is 12.4 Å². The number of rotatable bonds is 6. The SMILES string of the molecule is CNC1c2onc(OCc3ccccc3)c2C(=O)C2(O)C(=O)C=CC(OC=O)C12. The number of Topliss-reactive ketones (excluding diaryl/α,β-unsaturated/α-hetero) is 1. The van der Waals surface area contributed by atoms with E-state index in [1.807, 2.05) is 30.3 Å². The number of ether oxygens (including phenoxy) is 2. The highest BCUT2D eigenvalue weighted by atomic mass is 16.5. The number of hydrogen-bond donors (Lipinski definition) is 2. The molecule has 1 aromatic heterocycles. The van der Waals surface area contributed by atoms with Crippen LogP contribution in [0.5, 0.6) is 5.88 Å². The first-order valence-corrected chi connectivity index (χ1v) is 8.94. The monoisotopic (exact) mass is 398 g/mol. The van der Waals surface area contributed by atoms with Crippen molar-refractivity contribution in [3.05, 3.63) is 59.4 Å². The van der Waals surface area contributed by atoms with E-state index in [2.05, 4.69) is 10.5 Å². The van der Waals surface area contributed by atoms with Crippen LogP contribution >= 0.6 is 0 Å². The molecule has 0 saturated carbocycles. The van der Waals surface area contributed by atoms with E-state index < -0.39 is 35.2 Å². The molecule has 2 aliphatic carbocycles. The summed E-state index contributed by atoms with van der Waals surface area (Å²) in [5.74, 6) is -2.83. The van der Waals surface area contributed by atoms with Crippen molar-refractivity contribution in [2.24, 2.45) is 5.92 Å². The number of nitrogens with one attached hydrogen (secondary N) is 1. The lowest BCUT2D eigenvalue weighted by molar-refractivity contribution is -0.151. The molecule has 4 unspecified atom stereocenters. The number of nitrogens with zero attached hydrogens (tertiary/aromatic N) is 1. The van der Waals surface area contributed by atoms with E-state index in [4.69, 9.17) is 14.0 Å². The minimum atomic E-state index is -2.44. The van der Waals surface area contributed by atoms with E-state index in [0.29, 0.717) is 0 Å². The van der Waals surface area contributed by atoms with E-state index >= 15 is 0 Å². The van der Waals surface area contributed by atoms with Gasteiger partial charge in [0, 0.05) is 0 Å². The van der Waals surface area contributed by atoms with Crippen molar-refractivity contribution < 1.29 is 33.5 Å².